The van der Waals surface area contributed by atoms with Crippen LogP contribution in [0.4, 0.5) is 15.3 Å². The number of anilines is 1. The lowest BCUT2D eigenvalue weighted by molar-refractivity contribution is -0.149. The summed E-state index contributed by atoms with van der Waals surface area (Å²) in [6.07, 6.45) is 4.11. The van der Waals surface area contributed by atoms with Crippen molar-refractivity contribution in [2.45, 2.75) is 201 Å². The van der Waals surface area contributed by atoms with E-state index >= 15 is 0 Å². The van der Waals surface area contributed by atoms with Crippen LogP contribution in [0.15, 0.2) is 66.2 Å². The highest BCUT2D eigenvalue weighted by Gasteiger charge is 2.44. The monoisotopic (exact) mass is 1330 g/mol. The molecule has 0 saturated carbocycles. The van der Waals surface area contributed by atoms with E-state index < -0.39 is 83.2 Å². The second-order valence-corrected chi connectivity index (χ2v) is 27.4. The minimum Gasteiger partial charge on any atom is -0.445 e. The number of benzene rings is 2. The molecule has 11 atom stereocenters. The zero-order valence-electron chi connectivity index (χ0n) is 57.6. The van der Waals surface area contributed by atoms with Gasteiger partial charge in [-0.15, -0.1) is 11.3 Å². The third-order valence-corrected chi connectivity index (χ3v) is 19.3. The zero-order chi connectivity index (χ0) is 69.8. The Morgan fingerprint density at radius 3 is 2.04 bits per heavy atom. The molecule has 1 aromatic heterocycles. The van der Waals surface area contributed by atoms with Crippen LogP contribution >= 0.6 is 11.3 Å². The number of carbonyl (C=O) groups excluding carboxylic acids is 10. The summed E-state index contributed by atoms with van der Waals surface area (Å²) in [4.78, 5) is 144. The number of nitrogens with two attached hydrogens (primary N) is 3. The van der Waals surface area contributed by atoms with Gasteiger partial charge in [-0.2, -0.15) is 0 Å². The average molecular weight is 1330 g/mol. The van der Waals surface area contributed by atoms with E-state index in [0.29, 0.717) is 69.3 Å². The van der Waals surface area contributed by atoms with Crippen molar-refractivity contribution in [2.75, 3.05) is 52.8 Å². The van der Waals surface area contributed by atoms with Crippen LogP contribution < -0.4 is 38.5 Å². The summed E-state index contributed by atoms with van der Waals surface area (Å²) in [6.45, 7) is 16.8. The number of hydrogen-bond acceptors (Lipinski definition) is 17. The van der Waals surface area contributed by atoms with Crippen molar-refractivity contribution in [2.24, 2.45) is 58.6 Å². The summed E-state index contributed by atoms with van der Waals surface area (Å²) in [5.41, 5.74) is 17.0. The number of amides is 7. The predicted octanol–water partition coefficient (Wildman–Crippen LogP) is 8.05. The van der Waals surface area contributed by atoms with Crippen molar-refractivity contribution < 1.29 is 62.2 Å². The van der Waals surface area contributed by atoms with Crippen LogP contribution in [-0.4, -0.2) is 157 Å². The number of alkyl carbamates (subject to hydrolysis) is 1. The minimum atomic E-state index is -1.47. The number of ether oxygens (including phenoxy) is 3. The van der Waals surface area contributed by atoms with Gasteiger partial charge in [-0.05, 0) is 106 Å². The Hall–Kier alpha value is -6.99. The first-order valence-corrected chi connectivity index (χ1v) is 34.2. The summed E-state index contributed by atoms with van der Waals surface area (Å²) in [5.74, 6) is -6.32. The molecule has 1 aliphatic heterocycles. The maximum absolute atomic E-state index is 14.8. The number of urea groups is 1. The van der Waals surface area contributed by atoms with Crippen LogP contribution in [0, 0.1) is 41.4 Å². The van der Waals surface area contributed by atoms with E-state index in [1.165, 1.54) is 18.4 Å². The number of aromatic nitrogens is 1. The molecule has 3 aromatic rings. The molecule has 2 heterocycles. The summed E-state index contributed by atoms with van der Waals surface area (Å²) >= 11 is 1.53. The molecule has 1 saturated heterocycles. The molecule has 4 rings (SSSR count). The van der Waals surface area contributed by atoms with Gasteiger partial charge in [0.15, 0.2) is 11.6 Å². The summed E-state index contributed by atoms with van der Waals surface area (Å²) < 4.78 is 17.8. The van der Waals surface area contributed by atoms with Crippen LogP contribution in [-0.2, 0) is 65.6 Å². The SMILES string of the molecule is CC[C@H](C)[C@@H]([C@@H](CC(=O)N1CCC[C@H]1[C@H](OC)[C@@H](C)C(=O)C[C@@H](Cc1ccccc1)c1nccs1)OC)N(C)C(=O)[C@@H](CC(=O)C(C)(C)NC(=O)OCc1ccc(NC(=O)[C@H](CCCNC(N)=O)CC(=O)[C@@H](NC(=O)[C@H](CCCCN)CC(=O)CN)C(C)C)cc1)C(C)C. The van der Waals surface area contributed by atoms with Crippen molar-refractivity contribution in [3.8, 4) is 0 Å². The van der Waals surface area contributed by atoms with Gasteiger partial charge in [-0.3, -0.25) is 38.4 Å². The molecule has 0 bridgehead atoms. The van der Waals surface area contributed by atoms with Gasteiger partial charge in [0.2, 0.25) is 23.6 Å². The third kappa shape index (κ3) is 24.7. The Morgan fingerprint density at radius 2 is 1.46 bits per heavy atom. The van der Waals surface area contributed by atoms with Gasteiger partial charge >= 0.3 is 12.1 Å². The number of primary amides is 1. The number of unbranched alkanes of at least 4 members (excludes halogenated alkanes) is 1. The van der Waals surface area contributed by atoms with Crippen molar-refractivity contribution in [1.82, 2.24) is 30.7 Å². The summed E-state index contributed by atoms with van der Waals surface area (Å²) in [5, 5.41) is 13.7. The van der Waals surface area contributed by atoms with Crippen molar-refractivity contribution in [3.05, 3.63) is 82.3 Å². The molecule has 1 fully saturated rings. The topological polar surface area (TPSA) is 344 Å². The molecule has 0 unspecified atom stereocenters. The first kappa shape index (κ1) is 79.4. The molecule has 24 heteroatoms. The molecule has 2 aromatic carbocycles. The number of nitrogens with one attached hydrogen (secondary N) is 4. The smallest absolute Gasteiger partial charge is 0.408 e. The van der Waals surface area contributed by atoms with E-state index in [0.717, 1.165) is 17.0 Å². The number of thiazole rings is 1. The van der Waals surface area contributed by atoms with E-state index in [1.54, 1.807) is 77.2 Å². The van der Waals surface area contributed by atoms with Gasteiger partial charge in [0.05, 0.1) is 53.8 Å². The standard InChI is InChI=1S/C70H108N10O13S/c1-13-45(6)62(58(91-11)40-60(85)80-33-20-25-55(80)63(92-12)46(7)56(82)38-51(66-74-32-34-94-66)35-47-21-15-14-16-22-47)79(10)67(88)54(43(2)3)39-59(84)70(8,9)78-69(90)93-42-48-26-28-52(29-27-48)76-64(86)50(24-19-31-75-68(73)89)37-57(83)61(44(4)5)77-65(87)49(23-17-18-30-71)36-53(81)41-72/h14-16,21-22,26-29,32,34,43-46,49-51,54-55,58,61-63H,13,17-20,23-25,30-31,33,35-42,71-72H2,1-12H3,(H,76,86)(H,77,87)(H,78,90)(H3,73,75,89)/t45-,46-,49+,50+,51+,54-,55-,58+,61-,62-,63+/m0/s1. The van der Waals surface area contributed by atoms with Gasteiger partial charge in [-0.25, -0.2) is 14.6 Å². The molecular formula is C70H108N10O13S. The van der Waals surface area contributed by atoms with Gasteiger partial charge in [0.1, 0.15) is 18.2 Å². The quantitative estimate of drug-likeness (QED) is 0.0263. The number of likely N-dealkylation sites (N-methyl/N-ethyl adjacent to an activating group) is 1. The number of rotatable bonds is 43. The van der Waals surface area contributed by atoms with Crippen molar-refractivity contribution in [3.63, 3.8) is 0 Å². The third-order valence-electron chi connectivity index (χ3n) is 18.4. The molecule has 7 amide bonds. The summed E-state index contributed by atoms with van der Waals surface area (Å²) in [6, 6.07) is 13.9. The Morgan fingerprint density at radius 1 is 0.787 bits per heavy atom. The van der Waals surface area contributed by atoms with Gasteiger partial charge in [-0.1, -0.05) is 104 Å². The lowest BCUT2D eigenvalue weighted by atomic mass is 9.83. The van der Waals surface area contributed by atoms with E-state index in [9.17, 15) is 47.9 Å². The zero-order valence-corrected chi connectivity index (χ0v) is 58.4. The van der Waals surface area contributed by atoms with E-state index in [4.69, 9.17) is 31.4 Å². The van der Waals surface area contributed by atoms with E-state index in [1.807, 2.05) is 63.1 Å². The fourth-order valence-electron chi connectivity index (χ4n) is 12.5. The number of likely N-dealkylation sites (tertiary alicyclic amines) is 1. The number of Topliss-reactive ketones (excluding diaryl/α,β-unsaturated/α-hetero) is 4. The first-order chi connectivity index (χ1) is 44.6. The molecule has 23 nitrogen and oxygen atoms in total. The van der Waals surface area contributed by atoms with E-state index in [-0.39, 0.29) is 117 Å². The second kappa shape index (κ2) is 39.8. The minimum absolute atomic E-state index is 0.0340. The normalized spacial score (nSPS) is 16.5. The summed E-state index contributed by atoms with van der Waals surface area (Å²) in [7, 11) is 4.80. The highest BCUT2D eigenvalue weighted by Crippen LogP contribution is 2.34. The molecule has 0 radical (unpaired) electrons. The average Bonchev–Trinajstić information content (AvgIpc) is 1.39. The molecule has 1 aliphatic rings. The Kier molecular flexibility index (Phi) is 33.6. The Balaban J connectivity index is 1.38. The maximum Gasteiger partial charge on any atom is 0.408 e. The van der Waals surface area contributed by atoms with Gasteiger partial charge in [0, 0.05) is 107 Å². The van der Waals surface area contributed by atoms with Crippen LogP contribution in [0.5, 0.6) is 0 Å². The highest BCUT2D eigenvalue weighted by molar-refractivity contribution is 7.09. The van der Waals surface area contributed by atoms with Crippen molar-refractivity contribution >= 4 is 75.9 Å². The largest absolute Gasteiger partial charge is 0.445 e. The lowest BCUT2D eigenvalue weighted by Crippen LogP contribution is -2.55. The first-order valence-electron chi connectivity index (χ1n) is 33.3. The Labute approximate surface area is 560 Å². The molecular weight excluding hydrogens is 1220 g/mol. The molecule has 0 aliphatic carbocycles. The second-order valence-electron chi connectivity index (χ2n) is 26.5. The number of ketones is 4. The fourth-order valence-corrected chi connectivity index (χ4v) is 13.2. The van der Waals surface area contributed by atoms with Crippen LogP contribution in [0.25, 0.3) is 0 Å². The molecule has 10 N–H and O–H groups in total. The van der Waals surface area contributed by atoms with Gasteiger partial charge in [0.25, 0.3) is 0 Å². The number of methoxy groups -OCH3 is 2. The van der Waals surface area contributed by atoms with Crippen molar-refractivity contribution in [1.29, 1.82) is 0 Å². The van der Waals surface area contributed by atoms with E-state index in [2.05, 4.69) is 38.4 Å². The highest BCUT2D eigenvalue weighted by atomic mass is 32.1. The fraction of sp³-hybridized carbons (Fsp3) is 0.643. The maximum atomic E-state index is 14.8. The van der Waals surface area contributed by atoms with Crippen LogP contribution in [0.3, 0.4) is 0 Å². The number of carbonyl (C=O) groups is 10. The van der Waals surface area contributed by atoms with Crippen LogP contribution in [0.1, 0.15) is 168 Å². The van der Waals surface area contributed by atoms with Crippen LogP contribution in [0.2, 0.25) is 0 Å². The molecule has 522 valence electrons. The molecule has 94 heavy (non-hydrogen) atoms. The predicted molar refractivity (Wildman–Crippen MR) is 363 cm³/mol. The number of hydrogen-bond donors (Lipinski definition) is 7. The van der Waals surface area contributed by atoms with Gasteiger partial charge < -0.3 is 62.5 Å². The Bertz CT molecular complexity index is 2910. The number of nitrogens with zero attached hydrogens (tertiary/aromatic N) is 3. The molecule has 0 spiro atoms. The lowest BCUT2D eigenvalue weighted by Gasteiger charge is -2.41.